The van der Waals surface area contributed by atoms with Crippen molar-refractivity contribution in [3.8, 4) is 11.5 Å². The van der Waals surface area contributed by atoms with Crippen LogP contribution in [0.3, 0.4) is 0 Å². The summed E-state index contributed by atoms with van der Waals surface area (Å²) in [5.74, 6) is 0.686. The Kier molecular flexibility index (Phi) is 5.14. The molecule has 0 aromatic heterocycles. The molecule has 6 heteroatoms. The molecule has 0 unspecified atom stereocenters. The number of nitrogens with one attached hydrogen (secondary N) is 1. The third-order valence-corrected chi connectivity index (χ3v) is 5.06. The first-order chi connectivity index (χ1) is 14.5. The molecule has 1 aliphatic heterocycles. The van der Waals surface area contributed by atoms with Gasteiger partial charge in [0.15, 0.2) is 0 Å². The van der Waals surface area contributed by atoms with E-state index in [1.807, 2.05) is 66.7 Å². The van der Waals surface area contributed by atoms with Gasteiger partial charge in [0.05, 0.1) is 18.8 Å². The van der Waals surface area contributed by atoms with Crippen LogP contribution in [0.1, 0.15) is 31.0 Å². The third kappa shape index (κ3) is 3.59. The lowest BCUT2D eigenvalue weighted by Gasteiger charge is -2.24. The highest BCUT2D eigenvalue weighted by Crippen LogP contribution is 2.38. The highest BCUT2D eigenvalue weighted by molar-refractivity contribution is 5.95. The number of ether oxygens (including phenoxy) is 2. The van der Waals surface area contributed by atoms with Gasteiger partial charge in [-0.05, 0) is 35.2 Å². The lowest BCUT2D eigenvalue weighted by atomic mass is 10.0. The molecule has 30 heavy (non-hydrogen) atoms. The summed E-state index contributed by atoms with van der Waals surface area (Å²) in [5, 5.41) is 3.35. The maximum Gasteiger partial charge on any atom is 0.308 e. The number of nitrogens with zero attached hydrogens (tertiary/aromatic N) is 1. The van der Waals surface area contributed by atoms with Gasteiger partial charge >= 0.3 is 5.97 Å². The number of carbonyl (C=O) groups is 2. The average Bonchev–Trinajstić information content (AvgIpc) is 3.19. The molecule has 1 atom stereocenters. The van der Waals surface area contributed by atoms with Crippen LogP contribution in [-0.4, -0.2) is 24.0 Å². The molecule has 1 aliphatic rings. The molecule has 0 aliphatic carbocycles. The van der Waals surface area contributed by atoms with E-state index in [0.717, 1.165) is 22.1 Å². The van der Waals surface area contributed by atoms with Gasteiger partial charge in [0.1, 0.15) is 11.5 Å². The standard InChI is InChI=1S/C24H22N2O4/c1-15(27)26-23(18-8-11-19(29-3)12-9-18)14-22(25-26)21-13-10-17-6-4-5-7-20(17)24(21)30-16(2)28/h4-14,23,25H,1-3H3/t23-/m0/s1. The van der Waals surface area contributed by atoms with E-state index in [1.54, 1.807) is 12.1 Å². The number of methoxy groups -OCH3 is 1. The van der Waals surface area contributed by atoms with Gasteiger partial charge < -0.3 is 9.47 Å². The van der Waals surface area contributed by atoms with Crippen LogP contribution >= 0.6 is 0 Å². The molecule has 0 saturated carbocycles. The number of rotatable bonds is 4. The zero-order chi connectivity index (χ0) is 21.3. The monoisotopic (exact) mass is 402 g/mol. The van der Waals surface area contributed by atoms with Crippen molar-refractivity contribution in [2.45, 2.75) is 19.9 Å². The first-order valence-electron chi connectivity index (χ1n) is 9.60. The second-order valence-corrected chi connectivity index (χ2v) is 7.06. The fourth-order valence-electron chi connectivity index (χ4n) is 3.65. The zero-order valence-electron chi connectivity index (χ0n) is 17.0. The summed E-state index contributed by atoms with van der Waals surface area (Å²) in [6.07, 6.45) is 1.96. The van der Waals surface area contributed by atoms with Crippen LogP contribution in [0.25, 0.3) is 16.5 Å². The van der Waals surface area contributed by atoms with Gasteiger partial charge in [0.2, 0.25) is 5.91 Å². The molecule has 6 nitrogen and oxygen atoms in total. The zero-order valence-corrected chi connectivity index (χ0v) is 17.0. The van der Waals surface area contributed by atoms with E-state index in [1.165, 1.54) is 13.8 Å². The van der Waals surface area contributed by atoms with E-state index < -0.39 is 5.97 Å². The fraction of sp³-hybridized carbons (Fsp3) is 0.167. The number of hydrogen-bond acceptors (Lipinski definition) is 5. The Morgan fingerprint density at radius 1 is 0.967 bits per heavy atom. The Morgan fingerprint density at radius 2 is 1.70 bits per heavy atom. The summed E-state index contributed by atoms with van der Waals surface area (Å²) in [7, 11) is 1.61. The van der Waals surface area contributed by atoms with E-state index in [-0.39, 0.29) is 11.9 Å². The summed E-state index contributed by atoms with van der Waals surface area (Å²) in [6.45, 7) is 2.89. The minimum atomic E-state index is -0.402. The molecule has 1 amide bonds. The number of esters is 1. The van der Waals surface area contributed by atoms with Crippen LogP contribution in [0.4, 0.5) is 0 Å². The van der Waals surface area contributed by atoms with Crippen LogP contribution < -0.4 is 14.9 Å². The summed E-state index contributed by atoms with van der Waals surface area (Å²) in [4.78, 5) is 24.1. The Morgan fingerprint density at radius 3 is 2.37 bits per heavy atom. The molecule has 152 valence electrons. The largest absolute Gasteiger partial charge is 0.497 e. The Balaban J connectivity index is 1.82. The first kappa shape index (κ1) is 19.5. The highest BCUT2D eigenvalue weighted by atomic mass is 16.5. The first-order valence-corrected chi connectivity index (χ1v) is 9.60. The molecule has 1 heterocycles. The van der Waals surface area contributed by atoms with Gasteiger partial charge in [0.25, 0.3) is 0 Å². The molecule has 0 fully saturated rings. The topological polar surface area (TPSA) is 67.9 Å². The van der Waals surface area contributed by atoms with Gasteiger partial charge in [-0.2, -0.15) is 0 Å². The maximum atomic E-state index is 12.3. The second kappa shape index (κ2) is 7.91. The minimum Gasteiger partial charge on any atom is -0.497 e. The molecule has 0 spiro atoms. The van der Waals surface area contributed by atoms with Crippen LogP contribution in [0.2, 0.25) is 0 Å². The van der Waals surface area contributed by atoms with Crippen molar-refractivity contribution < 1.29 is 19.1 Å². The van der Waals surface area contributed by atoms with Crippen LogP contribution in [0, 0.1) is 0 Å². The predicted octanol–water partition coefficient (Wildman–Crippen LogP) is 4.22. The van der Waals surface area contributed by atoms with E-state index in [4.69, 9.17) is 9.47 Å². The number of hydrogen-bond donors (Lipinski definition) is 1. The van der Waals surface area contributed by atoms with Crippen molar-refractivity contribution in [1.82, 2.24) is 10.4 Å². The van der Waals surface area contributed by atoms with Crippen LogP contribution in [0.15, 0.2) is 66.7 Å². The lowest BCUT2D eigenvalue weighted by Crippen LogP contribution is -2.37. The van der Waals surface area contributed by atoms with E-state index in [9.17, 15) is 9.59 Å². The van der Waals surface area contributed by atoms with Gasteiger partial charge in [-0.15, -0.1) is 0 Å². The van der Waals surface area contributed by atoms with Crippen molar-refractivity contribution in [1.29, 1.82) is 0 Å². The van der Waals surface area contributed by atoms with Gasteiger partial charge in [-0.1, -0.05) is 42.5 Å². The van der Waals surface area contributed by atoms with Crippen molar-refractivity contribution >= 4 is 28.3 Å². The Labute approximate surface area is 174 Å². The molecule has 0 radical (unpaired) electrons. The third-order valence-electron chi connectivity index (χ3n) is 5.06. The molecule has 1 N–H and O–H groups in total. The van der Waals surface area contributed by atoms with Crippen molar-refractivity contribution in [3.05, 3.63) is 77.9 Å². The molecule has 3 aromatic rings. The van der Waals surface area contributed by atoms with Crippen LogP contribution in [-0.2, 0) is 9.59 Å². The quantitative estimate of drug-likeness (QED) is 0.523. The van der Waals surface area contributed by atoms with E-state index in [2.05, 4.69) is 5.43 Å². The van der Waals surface area contributed by atoms with Crippen molar-refractivity contribution in [2.75, 3.05) is 7.11 Å². The smallest absolute Gasteiger partial charge is 0.308 e. The van der Waals surface area contributed by atoms with Crippen molar-refractivity contribution in [2.24, 2.45) is 0 Å². The molecule has 0 saturated heterocycles. The average molecular weight is 402 g/mol. The molecular weight excluding hydrogens is 380 g/mol. The summed E-state index contributed by atoms with van der Waals surface area (Å²) in [5.41, 5.74) is 5.53. The Bertz CT molecular complexity index is 1150. The highest BCUT2D eigenvalue weighted by Gasteiger charge is 2.30. The summed E-state index contributed by atoms with van der Waals surface area (Å²) >= 11 is 0. The van der Waals surface area contributed by atoms with E-state index in [0.29, 0.717) is 17.0 Å². The number of carbonyl (C=O) groups excluding carboxylic acids is 2. The van der Waals surface area contributed by atoms with Crippen molar-refractivity contribution in [3.63, 3.8) is 0 Å². The van der Waals surface area contributed by atoms with Gasteiger partial charge in [-0.25, -0.2) is 5.01 Å². The van der Waals surface area contributed by atoms with Crippen LogP contribution in [0.5, 0.6) is 11.5 Å². The second-order valence-electron chi connectivity index (χ2n) is 7.06. The van der Waals surface area contributed by atoms with Gasteiger partial charge in [-0.3, -0.25) is 15.0 Å². The predicted molar refractivity (Wildman–Crippen MR) is 115 cm³/mol. The number of amides is 1. The maximum absolute atomic E-state index is 12.3. The fourth-order valence-corrected chi connectivity index (χ4v) is 3.65. The molecule has 4 rings (SSSR count). The molecule has 3 aromatic carbocycles. The molecule has 0 bridgehead atoms. The minimum absolute atomic E-state index is 0.128. The van der Waals surface area contributed by atoms with Gasteiger partial charge in [0, 0.05) is 24.8 Å². The summed E-state index contributed by atoms with van der Waals surface area (Å²) < 4.78 is 10.8. The van der Waals surface area contributed by atoms with E-state index >= 15 is 0 Å². The Hall–Kier alpha value is -3.80. The normalized spacial score (nSPS) is 15.5. The summed E-state index contributed by atoms with van der Waals surface area (Å²) in [6, 6.07) is 18.8. The lowest BCUT2D eigenvalue weighted by molar-refractivity contribution is -0.133. The number of fused-ring (bicyclic) bond motifs is 1. The number of benzene rings is 3. The SMILES string of the molecule is COc1ccc([C@@H]2C=C(c3ccc4ccccc4c3OC(C)=O)NN2C(C)=O)cc1. The molecular formula is C24H22N2O4. The number of hydrazine groups is 1.